The molecule has 1 aromatic heterocycles. The summed E-state index contributed by atoms with van der Waals surface area (Å²) in [6.45, 7) is 2.02. The molecule has 1 atom stereocenters. The number of aromatic nitrogens is 1. The zero-order chi connectivity index (χ0) is 15.7. The van der Waals surface area contributed by atoms with Gasteiger partial charge in [0.15, 0.2) is 5.13 Å². The van der Waals surface area contributed by atoms with Gasteiger partial charge in [0.1, 0.15) is 5.82 Å². The summed E-state index contributed by atoms with van der Waals surface area (Å²) in [4.78, 5) is 29.8. The number of amides is 2. The van der Waals surface area contributed by atoms with Crippen LogP contribution in [0.25, 0.3) is 0 Å². The number of aryl methyl sites for hydroxylation is 1. The minimum Gasteiger partial charge on any atom is -0.309 e. The molecule has 5 nitrogen and oxygen atoms in total. The Morgan fingerprint density at radius 1 is 1.45 bits per heavy atom. The number of carbonyl (C=O) groups excluding carboxylic acids is 2. The van der Waals surface area contributed by atoms with Gasteiger partial charge in [-0.1, -0.05) is 12.1 Å². The van der Waals surface area contributed by atoms with Crippen molar-refractivity contribution >= 4 is 34.0 Å². The summed E-state index contributed by atoms with van der Waals surface area (Å²) < 4.78 is 13.8. The van der Waals surface area contributed by atoms with Gasteiger partial charge in [-0.15, -0.1) is 11.3 Å². The third-order valence-electron chi connectivity index (χ3n) is 3.49. The van der Waals surface area contributed by atoms with Crippen molar-refractivity contribution in [2.75, 3.05) is 16.8 Å². The lowest BCUT2D eigenvalue weighted by molar-refractivity contribution is -0.122. The molecular weight excluding hydrogens is 305 g/mol. The standard InChI is InChI=1S/C15H14FN3O2S/c1-9-8-22-15(17-9)18-14(21)10-6-13(20)19(7-10)12-5-3-2-4-11(12)16/h2-5,8,10H,6-7H2,1H3,(H,17,18,21)/t10-/m1/s1. The van der Waals surface area contributed by atoms with Gasteiger partial charge < -0.3 is 10.2 Å². The van der Waals surface area contributed by atoms with E-state index in [1.807, 2.05) is 12.3 Å². The molecule has 2 amide bonds. The topological polar surface area (TPSA) is 62.3 Å². The highest BCUT2D eigenvalue weighted by molar-refractivity contribution is 7.13. The van der Waals surface area contributed by atoms with Gasteiger partial charge in [-0.05, 0) is 19.1 Å². The number of anilines is 2. The van der Waals surface area contributed by atoms with E-state index in [0.29, 0.717) is 5.13 Å². The predicted octanol–water partition coefficient (Wildman–Crippen LogP) is 2.58. The highest BCUT2D eigenvalue weighted by Crippen LogP contribution is 2.28. The normalized spacial score (nSPS) is 17.8. The molecule has 22 heavy (non-hydrogen) atoms. The van der Waals surface area contributed by atoms with Crippen molar-refractivity contribution in [3.63, 3.8) is 0 Å². The first kappa shape index (κ1) is 14.6. The summed E-state index contributed by atoms with van der Waals surface area (Å²) in [6, 6.07) is 6.07. The predicted molar refractivity (Wildman–Crippen MR) is 82.3 cm³/mol. The van der Waals surface area contributed by atoms with E-state index < -0.39 is 11.7 Å². The van der Waals surface area contributed by atoms with Gasteiger partial charge in [0.05, 0.1) is 17.3 Å². The number of rotatable bonds is 3. The van der Waals surface area contributed by atoms with E-state index in [1.54, 1.807) is 12.1 Å². The largest absolute Gasteiger partial charge is 0.309 e. The third kappa shape index (κ3) is 2.85. The van der Waals surface area contributed by atoms with Crippen LogP contribution < -0.4 is 10.2 Å². The van der Waals surface area contributed by atoms with Crippen molar-refractivity contribution < 1.29 is 14.0 Å². The number of nitrogens with zero attached hydrogens (tertiary/aromatic N) is 2. The maximum atomic E-state index is 13.8. The second-order valence-corrected chi connectivity index (χ2v) is 6.00. The minimum atomic E-state index is -0.503. The minimum absolute atomic E-state index is 0.0739. The number of para-hydroxylation sites is 1. The summed E-state index contributed by atoms with van der Waals surface area (Å²) in [5, 5.41) is 5.06. The summed E-state index contributed by atoms with van der Waals surface area (Å²) in [5.41, 5.74) is 1.05. The highest BCUT2D eigenvalue weighted by atomic mass is 32.1. The van der Waals surface area contributed by atoms with Crippen LogP contribution in [0.5, 0.6) is 0 Å². The number of hydrogen-bond acceptors (Lipinski definition) is 4. The van der Waals surface area contributed by atoms with Crippen molar-refractivity contribution in [3.8, 4) is 0 Å². The van der Waals surface area contributed by atoms with Crippen LogP contribution >= 0.6 is 11.3 Å². The van der Waals surface area contributed by atoms with E-state index in [-0.39, 0.29) is 30.5 Å². The molecule has 0 aliphatic carbocycles. The van der Waals surface area contributed by atoms with Crippen molar-refractivity contribution in [3.05, 3.63) is 41.2 Å². The summed E-state index contributed by atoms with van der Waals surface area (Å²) in [6.07, 6.45) is 0.0739. The van der Waals surface area contributed by atoms with Crippen LogP contribution in [0, 0.1) is 18.7 Å². The molecule has 0 saturated carbocycles. The Morgan fingerprint density at radius 3 is 2.91 bits per heavy atom. The van der Waals surface area contributed by atoms with Gasteiger partial charge >= 0.3 is 0 Å². The first-order valence-electron chi connectivity index (χ1n) is 6.82. The fraction of sp³-hybridized carbons (Fsp3) is 0.267. The molecule has 1 saturated heterocycles. The number of carbonyl (C=O) groups is 2. The quantitative estimate of drug-likeness (QED) is 0.946. The van der Waals surface area contributed by atoms with E-state index in [0.717, 1.165) is 5.69 Å². The van der Waals surface area contributed by atoms with Gasteiger partial charge in [0.2, 0.25) is 11.8 Å². The van der Waals surface area contributed by atoms with Gasteiger partial charge in [0.25, 0.3) is 0 Å². The van der Waals surface area contributed by atoms with E-state index in [9.17, 15) is 14.0 Å². The molecule has 1 aliphatic rings. The Morgan fingerprint density at radius 2 is 2.23 bits per heavy atom. The van der Waals surface area contributed by atoms with Crippen LogP contribution in [0.2, 0.25) is 0 Å². The molecule has 0 radical (unpaired) electrons. The number of nitrogens with one attached hydrogen (secondary N) is 1. The molecule has 1 N–H and O–H groups in total. The summed E-state index contributed by atoms with van der Waals surface area (Å²) in [5.74, 6) is -1.48. The molecule has 2 aromatic rings. The molecule has 1 aliphatic heterocycles. The zero-order valence-electron chi connectivity index (χ0n) is 11.9. The van der Waals surface area contributed by atoms with Crippen molar-refractivity contribution in [1.29, 1.82) is 0 Å². The Labute approximate surface area is 130 Å². The van der Waals surface area contributed by atoms with Crippen molar-refractivity contribution in [1.82, 2.24) is 4.98 Å². The smallest absolute Gasteiger partial charge is 0.231 e. The Bertz CT molecular complexity index is 731. The first-order valence-corrected chi connectivity index (χ1v) is 7.70. The molecule has 0 bridgehead atoms. The highest BCUT2D eigenvalue weighted by Gasteiger charge is 2.36. The maximum absolute atomic E-state index is 13.8. The van der Waals surface area contributed by atoms with Crippen LogP contribution in [0.4, 0.5) is 15.2 Å². The zero-order valence-corrected chi connectivity index (χ0v) is 12.7. The molecule has 1 aromatic carbocycles. The Hall–Kier alpha value is -2.28. The lowest BCUT2D eigenvalue weighted by Gasteiger charge is -2.17. The van der Waals surface area contributed by atoms with Crippen LogP contribution in [0.15, 0.2) is 29.6 Å². The van der Waals surface area contributed by atoms with Gasteiger partial charge in [-0.25, -0.2) is 9.37 Å². The summed E-state index contributed by atoms with van der Waals surface area (Å²) in [7, 11) is 0. The summed E-state index contributed by atoms with van der Waals surface area (Å²) >= 11 is 1.34. The number of benzene rings is 1. The molecule has 0 spiro atoms. The van der Waals surface area contributed by atoms with Crippen LogP contribution in [0.1, 0.15) is 12.1 Å². The first-order chi connectivity index (χ1) is 10.5. The SMILES string of the molecule is Cc1csc(NC(=O)[C@@H]2CC(=O)N(c3ccccc3F)C2)n1. The van der Waals surface area contributed by atoms with E-state index in [1.165, 1.54) is 28.4 Å². The van der Waals surface area contributed by atoms with Gasteiger partial charge in [0, 0.05) is 18.3 Å². The van der Waals surface area contributed by atoms with Gasteiger partial charge in [-0.2, -0.15) is 0 Å². The van der Waals surface area contributed by atoms with Crippen molar-refractivity contribution in [2.45, 2.75) is 13.3 Å². The average Bonchev–Trinajstić information content (AvgIpc) is 3.06. The molecule has 2 heterocycles. The lowest BCUT2D eigenvalue weighted by Crippen LogP contribution is -2.28. The number of hydrogen-bond donors (Lipinski definition) is 1. The monoisotopic (exact) mass is 319 g/mol. The third-order valence-corrected chi connectivity index (χ3v) is 4.36. The Balaban J connectivity index is 1.71. The fourth-order valence-corrected chi connectivity index (χ4v) is 3.10. The maximum Gasteiger partial charge on any atom is 0.231 e. The van der Waals surface area contributed by atoms with Crippen LogP contribution in [-0.4, -0.2) is 23.3 Å². The molecule has 7 heteroatoms. The number of halogens is 1. The molecule has 1 fully saturated rings. The molecule has 114 valence electrons. The molecule has 3 rings (SSSR count). The second kappa shape index (κ2) is 5.84. The lowest BCUT2D eigenvalue weighted by atomic mass is 10.1. The van der Waals surface area contributed by atoms with E-state index in [2.05, 4.69) is 10.3 Å². The van der Waals surface area contributed by atoms with Crippen LogP contribution in [0.3, 0.4) is 0 Å². The average molecular weight is 319 g/mol. The van der Waals surface area contributed by atoms with Crippen molar-refractivity contribution in [2.24, 2.45) is 5.92 Å². The van der Waals surface area contributed by atoms with E-state index in [4.69, 9.17) is 0 Å². The fourth-order valence-electron chi connectivity index (χ4n) is 2.41. The molecule has 0 unspecified atom stereocenters. The Kier molecular flexibility index (Phi) is 3.89. The molecular formula is C15H14FN3O2S. The van der Waals surface area contributed by atoms with E-state index >= 15 is 0 Å². The number of thiazole rings is 1. The van der Waals surface area contributed by atoms with Gasteiger partial charge in [-0.3, -0.25) is 9.59 Å². The van der Waals surface area contributed by atoms with Crippen LogP contribution in [-0.2, 0) is 9.59 Å². The second-order valence-electron chi connectivity index (χ2n) is 5.14.